The van der Waals surface area contributed by atoms with Crippen molar-refractivity contribution in [3.05, 3.63) is 48.4 Å². The number of furan rings is 1. The van der Waals surface area contributed by atoms with E-state index in [9.17, 15) is 13.2 Å². The zero-order valence-corrected chi connectivity index (χ0v) is 16.1. The van der Waals surface area contributed by atoms with E-state index in [1.165, 1.54) is 0 Å². The molecule has 1 aliphatic rings. The molecule has 3 rings (SSSR count). The predicted octanol–water partition coefficient (Wildman–Crippen LogP) is 3.64. The van der Waals surface area contributed by atoms with Crippen molar-refractivity contribution in [2.24, 2.45) is 17.6 Å². The lowest BCUT2D eigenvalue weighted by molar-refractivity contribution is -0.124. The Morgan fingerprint density at radius 2 is 1.88 bits per heavy atom. The fraction of sp³-hybridized carbons (Fsp3) is 0.421. The minimum Gasteiger partial charge on any atom is -0.468 e. The van der Waals surface area contributed by atoms with E-state index >= 15 is 0 Å². The third-order valence-electron chi connectivity index (χ3n) is 4.85. The second kappa shape index (κ2) is 8.31. The van der Waals surface area contributed by atoms with Gasteiger partial charge in [-0.2, -0.15) is 0 Å². The molecular weight excluding hydrogens is 370 g/mol. The van der Waals surface area contributed by atoms with Gasteiger partial charge in [0.1, 0.15) is 5.76 Å². The van der Waals surface area contributed by atoms with Gasteiger partial charge in [0.15, 0.2) is 9.84 Å². The van der Waals surface area contributed by atoms with Crippen molar-refractivity contribution in [3.63, 3.8) is 0 Å². The maximum absolute atomic E-state index is 12.8. The van der Waals surface area contributed by atoms with E-state index in [0.29, 0.717) is 17.1 Å². The summed E-state index contributed by atoms with van der Waals surface area (Å²) < 4.78 is 30.8. The summed E-state index contributed by atoms with van der Waals surface area (Å²) in [6.07, 6.45) is 4.95. The number of hydrogen-bond donors (Lipinski definition) is 1. The fourth-order valence-electron chi connectivity index (χ4n) is 3.45. The number of rotatable bonds is 7. The van der Waals surface area contributed by atoms with Crippen molar-refractivity contribution in [2.45, 2.75) is 41.2 Å². The molecule has 1 fully saturated rings. The third kappa shape index (κ3) is 4.71. The van der Waals surface area contributed by atoms with Crippen LogP contribution in [0.5, 0.6) is 0 Å². The van der Waals surface area contributed by atoms with Gasteiger partial charge in [-0.15, -0.1) is 11.8 Å². The number of carbonyl (C=O) groups is 1. The lowest BCUT2D eigenvalue weighted by Crippen LogP contribution is -2.36. The van der Waals surface area contributed by atoms with Gasteiger partial charge in [-0.25, -0.2) is 8.42 Å². The molecule has 2 N–H and O–H groups in total. The minimum atomic E-state index is -3.44. The molecule has 7 heteroatoms. The topological polar surface area (TPSA) is 90.4 Å². The minimum absolute atomic E-state index is 0.0144. The molecule has 0 spiro atoms. The number of amides is 1. The normalized spacial score (nSPS) is 20.8. The Morgan fingerprint density at radius 3 is 2.54 bits per heavy atom. The van der Waals surface area contributed by atoms with Gasteiger partial charge < -0.3 is 10.2 Å². The van der Waals surface area contributed by atoms with Crippen LogP contribution in [0.25, 0.3) is 0 Å². The summed E-state index contributed by atoms with van der Waals surface area (Å²) in [4.78, 5) is 12.9. The van der Waals surface area contributed by atoms with Crippen LogP contribution in [0, 0.1) is 11.8 Å². The molecule has 2 atom stereocenters. The van der Waals surface area contributed by atoms with Crippen LogP contribution in [0.2, 0.25) is 0 Å². The maximum atomic E-state index is 12.8. The predicted molar refractivity (Wildman–Crippen MR) is 101 cm³/mol. The zero-order chi connectivity index (χ0) is 18.6. The SMILES string of the molecule is NC(=O)C1CCCCC1CS(=O)(=O)c1ccc(SCc2ccco2)cc1. The second-order valence-corrected chi connectivity index (χ2v) is 9.76. The van der Waals surface area contributed by atoms with Crippen LogP contribution in [0.4, 0.5) is 0 Å². The van der Waals surface area contributed by atoms with E-state index in [1.807, 2.05) is 24.3 Å². The van der Waals surface area contributed by atoms with Gasteiger partial charge >= 0.3 is 0 Å². The van der Waals surface area contributed by atoms with E-state index in [2.05, 4.69) is 0 Å². The van der Waals surface area contributed by atoms with Gasteiger partial charge in [0, 0.05) is 10.8 Å². The molecule has 1 aliphatic carbocycles. The van der Waals surface area contributed by atoms with Gasteiger partial charge in [-0.05, 0) is 55.2 Å². The summed E-state index contributed by atoms with van der Waals surface area (Å²) in [5.41, 5.74) is 5.46. The Morgan fingerprint density at radius 1 is 1.15 bits per heavy atom. The van der Waals surface area contributed by atoms with E-state index < -0.39 is 9.84 Å². The highest BCUT2D eigenvalue weighted by molar-refractivity contribution is 7.98. The first-order chi connectivity index (χ1) is 12.5. The maximum Gasteiger partial charge on any atom is 0.220 e. The monoisotopic (exact) mass is 393 g/mol. The largest absolute Gasteiger partial charge is 0.468 e. The molecule has 0 aliphatic heterocycles. The Kier molecular flexibility index (Phi) is 6.09. The van der Waals surface area contributed by atoms with Crippen molar-refractivity contribution in [2.75, 3.05) is 5.75 Å². The van der Waals surface area contributed by atoms with Crippen LogP contribution in [0.15, 0.2) is 56.9 Å². The number of sulfone groups is 1. The Bertz CT molecular complexity index is 829. The van der Waals surface area contributed by atoms with E-state index in [1.54, 1.807) is 30.2 Å². The van der Waals surface area contributed by atoms with Crippen LogP contribution in [-0.2, 0) is 20.4 Å². The van der Waals surface area contributed by atoms with E-state index in [-0.39, 0.29) is 23.5 Å². The van der Waals surface area contributed by atoms with Crippen LogP contribution in [0.3, 0.4) is 0 Å². The van der Waals surface area contributed by atoms with Crippen molar-refractivity contribution >= 4 is 27.5 Å². The Labute approximate surface area is 158 Å². The molecule has 2 unspecified atom stereocenters. The van der Waals surface area contributed by atoms with Crippen molar-refractivity contribution in [1.82, 2.24) is 0 Å². The summed E-state index contributed by atoms with van der Waals surface area (Å²) in [5.74, 6) is 0.665. The van der Waals surface area contributed by atoms with Gasteiger partial charge in [-0.3, -0.25) is 4.79 Å². The third-order valence-corrected chi connectivity index (χ3v) is 7.74. The molecule has 0 radical (unpaired) electrons. The molecule has 0 saturated heterocycles. The molecule has 5 nitrogen and oxygen atoms in total. The molecule has 1 heterocycles. The standard InChI is InChI=1S/C19H23NO4S2/c20-19(21)18-6-2-1-4-14(18)13-26(22,23)17-9-7-16(8-10-17)25-12-15-5-3-11-24-15/h3,5,7-11,14,18H,1-2,4,6,12-13H2,(H2,20,21). The first-order valence-corrected chi connectivity index (χ1v) is 11.4. The number of thioether (sulfide) groups is 1. The second-order valence-electron chi connectivity index (χ2n) is 6.67. The average molecular weight is 394 g/mol. The lowest BCUT2D eigenvalue weighted by Gasteiger charge is -2.28. The fourth-order valence-corrected chi connectivity index (χ4v) is 5.96. The zero-order valence-electron chi connectivity index (χ0n) is 14.5. The summed E-state index contributed by atoms with van der Waals surface area (Å²) in [5, 5.41) is 0. The van der Waals surface area contributed by atoms with Crippen LogP contribution in [-0.4, -0.2) is 20.1 Å². The number of benzene rings is 1. The van der Waals surface area contributed by atoms with Gasteiger partial charge in [0.2, 0.25) is 5.91 Å². The Balaban J connectivity index is 1.65. The van der Waals surface area contributed by atoms with Crippen LogP contribution >= 0.6 is 11.8 Å². The molecule has 1 aromatic carbocycles. The Hall–Kier alpha value is -1.73. The number of carbonyl (C=O) groups excluding carboxylic acids is 1. The molecule has 1 saturated carbocycles. The summed E-state index contributed by atoms with van der Waals surface area (Å²) in [6, 6.07) is 10.7. The highest BCUT2D eigenvalue weighted by Gasteiger charge is 2.33. The number of hydrogen-bond acceptors (Lipinski definition) is 5. The highest BCUT2D eigenvalue weighted by atomic mass is 32.2. The van der Waals surface area contributed by atoms with E-state index in [4.69, 9.17) is 10.2 Å². The molecular formula is C19H23NO4S2. The first kappa shape index (κ1) is 19.0. The molecule has 26 heavy (non-hydrogen) atoms. The highest BCUT2D eigenvalue weighted by Crippen LogP contribution is 2.33. The summed E-state index contributed by atoms with van der Waals surface area (Å²) in [6.45, 7) is 0. The summed E-state index contributed by atoms with van der Waals surface area (Å²) in [7, 11) is -3.44. The first-order valence-electron chi connectivity index (χ1n) is 8.73. The van der Waals surface area contributed by atoms with Gasteiger partial charge in [0.25, 0.3) is 0 Å². The van der Waals surface area contributed by atoms with Crippen molar-refractivity contribution < 1.29 is 17.6 Å². The summed E-state index contributed by atoms with van der Waals surface area (Å²) >= 11 is 1.59. The number of primary amides is 1. The van der Waals surface area contributed by atoms with Crippen molar-refractivity contribution in [3.8, 4) is 0 Å². The molecule has 2 aromatic rings. The molecule has 1 aromatic heterocycles. The molecule has 140 valence electrons. The molecule has 1 amide bonds. The van der Waals surface area contributed by atoms with Crippen LogP contribution < -0.4 is 5.73 Å². The van der Waals surface area contributed by atoms with Gasteiger partial charge in [0.05, 0.1) is 22.7 Å². The quantitative estimate of drug-likeness (QED) is 0.725. The molecule has 0 bridgehead atoms. The van der Waals surface area contributed by atoms with E-state index in [0.717, 1.165) is 29.9 Å². The van der Waals surface area contributed by atoms with Crippen LogP contribution in [0.1, 0.15) is 31.4 Å². The lowest BCUT2D eigenvalue weighted by atomic mass is 9.80. The average Bonchev–Trinajstić information content (AvgIpc) is 3.14. The number of nitrogens with two attached hydrogens (primary N) is 1. The van der Waals surface area contributed by atoms with Crippen molar-refractivity contribution in [1.29, 1.82) is 0 Å². The van der Waals surface area contributed by atoms with Gasteiger partial charge in [-0.1, -0.05) is 12.8 Å². The smallest absolute Gasteiger partial charge is 0.220 e.